The summed E-state index contributed by atoms with van der Waals surface area (Å²) in [4.78, 5) is 81.3. The van der Waals surface area contributed by atoms with E-state index in [9.17, 15) is 55.7 Å². The van der Waals surface area contributed by atoms with Crippen molar-refractivity contribution in [1.82, 2.24) is 10.6 Å². The number of carboxylic acids is 2. The molecule has 2 amide bonds. The van der Waals surface area contributed by atoms with E-state index in [1.165, 1.54) is 11.8 Å². The van der Waals surface area contributed by atoms with Crippen molar-refractivity contribution in [2.24, 2.45) is 0 Å². The van der Waals surface area contributed by atoms with Gasteiger partial charge >= 0.3 is 82.5 Å². The number of alkyl halides is 6. The molecule has 0 saturated heterocycles. The maximum atomic E-state index is 12.7. The fourth-order valence-corrected chi connectivity index (χ4v) is 7.74. The van der Waals surface area contributed by atoms with Gasteiger partial charge < -0.3 is 26.0 Å². The first-order chi connectivity index (χ1) is 29.8. The summed E-state index contributed by atoms with van der Waals surface area (Å²) in [5, 5.41) is 33.3. The maximum absolute atomic E-state index is 12.7. The molecule has 0 aliphatic rings. The molecule has 0 unspecified atom stereocenters. The minimum atomic E-state index is -4.92. The van der Waals surface area contributed by atoms with Crippen LogP contribution in [0.15, 0.2) is 157 Å². The van der Waals surface area contributed by atoms with Crippen LogP contribution in [0, 0.1) is 0 Å². The van der Waals surface area contributed by atoms with Gasteiger partial charge in [-0.05, 0) is 47.5 Å². The van der Waals surface area contributed by atoms with Gasteiger partial charge in [0.25, 0.3) is 11.8 Å². The first kappa shape index (κ1) is 54.6. The zero-order valence-corrected chi connectivity index (χ0v) is 38.5. The Bertz CT molecular complexity index is 2180. The third-order valence-corrected chi connectivity index (χ3v) is 11.9. The second-order valence-electron chi connectivity index (χ2n) is 12.0. The van der Waals surface area contributed by atoms with Crippen LogP contribution in [-0.4, -0.2) is 70.1 Å². The third-order valence-electron chi connectivity index (χ3n) is 7.48. The summed E-state index contributed by atoms with van der Waals surface area (Å²) < 4.78 is 55.7. The smallest absolute Gasteiger partial charge is 0.373 e. The molecule has 5 aromatic carbocycles. The van der Waals surface area contributed by atoms with E-state index in [0.717, 1.165) is 10.5 Å². The number of aliphatic carboxylic acids is 2. The van der Waals surface area contributed by atoms with Crippen molar-refractivity contribution in [3.05, 3.63) is 174 Å². The summed E-state index contributed by atoms with van der Waals surface area (Å²) in [5.74, 6) is -3.11. The number of aliphatic hydroxyl groups excluding tert-OH is 1. The molecule has 5 N–H and O–H groups in total. The number of nitrogens with one attached hydrogen (secondary N) is 2. The summed E-state index contributed by atoms with van der Waals surface area (Å²) >= 11 is -3.41. The van der Waals surface area contributed by atoms with Gasteiger partial charge in [0.2, 0.25) is 0 Å². The molecule has 13 nitrogen and oxygen atoms in total. The molecule has 5 aromatic rings. The number of amides is 2. The van der Waals surface area contributed by atoms with Crippen molar-refractivity contribution < 1.29 is 105 Å². The molecular formula is C42H34F6HgN2O11S. The van der Waals surface area contributed by atoms with E-state index in [2.05, 4.69) is 10.6 Å². The largest absolute Gasteiger partial charge is 0.480 e. The van der Waals surface area contributed by atoms with Crippen LogP contribution in [0.4, 0.5) is 26.3 Å². The Labute approximate surface area is 371 Å². The number of halogens is 6. The molecule has 0 aromatic heterocycles. The topological polar surface area (TPSA) is 221 Å². The van der Waals surface area contributed by atoms with E-state index in [1.54, 1.807) is 84.9 Å². The molecule has 4 atom stereocenters. The number of hydrogen-bond acceptors (Lipinski definition) is 10. The fourth-order valence-electron chi connectivity index (χ4n) is 4.90. The van der Waals surface area contributed by atoms with Crippen LogP contribution in [0.2, 0.25) is 0 Å². The van der Waals surface area contributed by atoms with Crippen molar-refractivity contribution in [2.75, 3.05) is 0 Å². The third kappa shape index (κ3) is 22.8. The SMILES string of the molecule is F[C](F)(F)[Hg][C](F)(F)F.O=C(N[C@@H](c1ccccc1)[C@@H](O)C(=O)O)c1ccccc1.O=C(N[C@@H](c1ccccc1)[C@H](Sc1ccccc1)C(=O)O)c1ccccc1.O=C=O.O=C=O. The van der Waals surface area contributed by atoms with Gasteiger partial charge in [0, 0.05) is 16.0 Å². The van der Waals surface area contributed by atoms with E-state index in [1.807, 2.05) is 66.7 Å². The predicted molar refractivity (Wildman–Crippen MR) is 206 cm³/mol. The molecule has 0 aliphatic carbocycles. The van der Waals surface area contributed by atoms with Crippen molar-refractivity contribution in [3.8, 4) is 0 Å². The van der Waals surface area contributed by atoms with Crippen LogP contribution in [0.25, 0.3) is 0 Å². The van der Waals surface area contributed by atoms with Crippen LogP contribution in [0.1, 0.15) is 43.9 Å². The van der Waals surface area contributed by atoms with Crippen LogP contribution in [0.3, 0.4) is 0 Å². The van der Waals surface area contributed by atoms with Gasteiger partial charge in [-0.25, -0.2) is 4.79 Å². The molecule has 0 bridgehead atoms. The fraction of sp³-hybridized carbons (Fsp3) is 0.143. The standard InChI is InChI=1S/C22H19NO3S.C16H15NO4.2CF3.2CO2.Hg/c24-21(17-12-6-2-7-13-17)23-19(16-10-4-1-5-11-16)20(22(25)26)27-18-14-8-3-9-15-18;18-14(16(20)21)13(11-7-3-1-4-8-11)17-15(19)12-9-5-2-6-10-12;2*2-1(3)4;2*2-1-3;/h1-15,19-20H,(H,23,24)(H,25,26);1-10,13-14,18H,(H,17,19)(H,20,21);;;;;/t19-,20-;13-,14+;;;;;/m00...../s1. The number of carboxylic acid groups (broad SMARTS) is 2. The zero-order chi connectivity index (χ0) is 47.4. The summed E-state index contributed by atoms with van der Waals surface area (Å²) in [5.41, 5.74) is 2.16. The Morgan fingerprint density at radius 3 is 1.11 bits per heavy atom. The molecule has 0 aliphatic heterocycles. The number of carbonyl (C=O) groups is 4. The maximum Gasteiger partial charge on any atom is 0.373 e. The number of benzene rings is 5. The van der Waals surface area contributed by atoms with E-state index in [-0.39, 0.29) is 18.2 Å². The monoisotopic (exact) mass is 1090 g/mol. The molecule has 328 valence electrons. The van der Waals surface area contributed by atoms with Gasteiger partial charge in [0.15, 0.2) is 6.10 Å². The minimum Gasteiger partial charge on any atom is -0.480 e. The number of carbonyl (C=O) groups excluding carboxylic acids is 6. The number of thioether (sulfide) groups is 1. The van der Waals surface area contributed by atoms with Gasteiger partial charge in [-0.1, -0.05) is 115 Å². The Morgan fingerprint density at radius 2 is 0.810 bits per heavy atom. The molecule has 0 fully saturated rings. The number of hydrogen-bond donors (Lipinski definition) is 5. The summed E-state index contributed by atoms with van der Waals surface area (Å²) in [6.45, 7) is 0. The van der Waals surface area contributed by atoms with Gasteiger partial charge in [0.05, 0.1) is 12.1 Å². The zero-order valence-electron chi connectivity index (χ0n) is 32.2. The summed E-state index contributed by atoms with van der Waals surface area (Å²) in [6, 6.07) is 42.6. The molecule has 0 spiro atoms. The van der Waals surface area contributed by atoms with Gasteiger partial charge in [0.1, 0.15) is 5.25 Å². The molecule has 63 heavy (non-hydrogen) atoms. The molecule has 0 heterocycles. The minimum absolute atomic E-state index is 0.250. The average Bonchev–Trinajstić information content (AvgIpc) is 3.25. The van der Waals surface area contributed by atoms with Gasteiger partial charge in [-0.2, -0.15) is 19.2 Å². The first-order valence-corrected chi connectivity index (χ1v) is 23.9. The predicted octanol–water partition coefficient (Wildman–Crippen LogP) is 6.95. The van der Waals surface area contributed by atoms with Gasteiger partial charge in [-0.3, -0.25) is 14.4 Å². The molecule has 0 saturated carbocycles. The van der Waals surface area contributed by atoms with Crippen molar-refractivity contribution >= 4 is 47.8 Å². The van der Waals surface area contributed by atoms with Crippen LogP contribution < -0.4 is 10.6 Å². The van der Waals surface area contributed by atoms with Crippen LogP contribution in [0.5, 0.6) is 0 Å². The Morgan fingerprint density at radius 1 is 0.508 bits per heavy atom. The second kappa shape index (κ2) is 29.0. The summed E-state index contributed by atoms with van der Waals surface area (Å²) in [6.07, 6.45) is -1.22. The molecular weight excluding hydrogens is 1060 g/mol. The average molecular weight is 1090 g/mol. The number of aliphatic hydroxyl groups is 1. The van der Waals surface area contributed by atoms with E-state index < -0.39 is 73.2 Å². The molecule has 0 radical (unpaired) electrons. The molecule has 21 heteroatoms. The normalized spacial score (nSPS) is 12.0. The second-order valence-corrected chi connectivity index (χ2v) is 20.8. The quantitative estimate of drug-likeness (QED) is 0.0487. The first-order valence-electron chi connectivity index (χ1n) is 17.6. The van der Waals surface area contributed by atoms with Crippen LogP contribution in [-0.2, 0) is 53.3 Å². The van der Waals surface area contributed by atoms with E-state index >= 15 is 0 Å². The van der Waals surface area contributed by atoms with E-state index in [0.29, 0.717) is 16.7 Å². The van der Waals surface area contributed by atoms with Crippen molar-refractivity contribution in [3.63, 3.8) is 0 Å². The van der Waals surface area contributed by atoms with Crippen molar-refractivity contribution in [2.45, 2.75) is 35.7 Å². The Balaban J connectivity index is 0.000000486. The molecule has 5 rings (SSSR count). The summed E-state index contributed by atoms with van der Waals surface area (Å²) in [7, 11) is 0. The van der Waals surface area contributed by atoms with Crippen LogP contribution >= 0.6 is 11.8 Å². The van der Waals surface area contributed by atoms with Gasteiger partial charge in [-0.15, -0.1) is 11.8 Å². The number of rotatable bonds is 12. The Hall–Kier alpha value is -6.43. The Kier molecular flexibility index (Phi) is 25.1. The van der Waals surface area contributed by atoms with Crippen molar-refractivity contribution in [1.29, 1.82) is 0 Å². The van der Waals surface area contributed by atoms with E-state index in [4.69, 9.17) is 24.3 Å².